The molecule has 3 heteroatoms. The Morgan fingerprint density at radius 2 is 1.61 bits per heavy atom. The molecular weight excluding hydrogens is 406 g/mol. The van der Waals surface area contributed by atoms with Gasteiger partial charge in [0, 0.05) is 25.3 Å². The Hall–Kier alpha value is -1.97. The number of unbranched alkanes of at least 4 members (excludes halogenated alkanes) is 2. The maximum Gasteiger partial charge on any atom is 0.132 e. The molecule has 178 valence electrons. The lowest BCUT2D eigenvalue weighted by Crippen LogP contribution is -2.55. The van der Waals surface area contributed by atoms with E-state index < -0.39 is 5.60 Å². The maximum absolute atomic E-state index is 12.1. The average Bonchev–Trinajstić information content (AvgIpc) is 2.88. The Bertz CT molecular complexity index is 870. The molecule has 3 heterocycles. The summed E-state index contributed by atoms with van der Waals surface area (Å²) in [4.78, 5) is 14.0. The van der Waals surface area contributed by atoms with E-state index in [-0.39, 0.29) is 0 Å². The molecule has 2 bridgehead atoms. The van der Waals surface area contributed by atoms with Gasteiger partial charge in [0.05, 0.1) is 5.60 Å². The highest BCUT2D eigenvalue weighted by Gasteiger charge is 2.47. The molecule has 2 unspecified atom stereocenters. The van der Waals surface area contributed by atoms with Crippen LogP contribution in [0.2, 0.25) is 0 Å². The number of Topliss-reactive ketones (excluding diaryl/α,β-unsaturated/α-hetero) is 1. The molecule has 3 fully saturated rings. The van der Waals surface area contributed by atoms with Crippen LogP contribution in [0.3, 0.4) is 0 Å². The Morgan fingerprint density at radius 1 is 0.939 bits per heavy atom. The van der Waals surface area contributed by atoms with Gasteiger partial charge in [0.25, 0.3) is 0 Å². The first kappa shape index (κ1) is 24.2. The molecule has 0 aromatic heterocycles. The van der Waals surface area contributed by atoms with E-state index in [1.807, 2.05) is 13.0 Å². The molecule has 33 heavy (non-hydrogen) atoms. The molecule has 2 atom stereocenters. The van der Waals surface area contributed by atoms with Gasteiger partial charge in [-0.3, -0.25) is 4.79 Å². The summed E-state index contributed by atoms with van der Waals surface area (Å²) in [6.45, 7) is 5.37. The first-order chi connectivity index (χ1) is 16.1. The molecule has 2 aromatic carbocycles. The molecule has 3 aliphatic rings. The topological polar surface area (TPSA) is 40.5 Å². The SMILES string of the molecule is CCC(=O)CCCCCc1ccc(CCC(O)(c2ccccc2)C2CN3CCC2CC3)cc1. The van der Waals surface area contributed by atoms with E-state index in [1.165, 1.54) is 37.1 Å². The monoisotopic (exact) mass is 447 g/mol. The van der Waals surface area contributed by atoms with Crippen LogP contribution in [0.1, 0.15) is 75.0 Å². The van der Waals surface area contributed by atoms with E-state index >= 15 is 0 Å². The Morgan fingerprint density at radius 3 is 2.21 bits per heavy atom. The first-order valence-corrected chi connectivity index (χ1v) is 13.2. The molecule has 2 aromatic rings. The quantitative estimate of drug-likeness (QED) is 0.410. The van der Waals surface area contributed by atoms with E-state index in [4.69, 9.17) is 0 Å². The van der Waals surface area contributed by atoms with E-state index in [0.29, 0.717) is 24.0 Å². The van der Waals surface area contributed by atoms with Crippen molar-refractivity contribution >= 4 is 5.78 Å². The van der Waals surface area contributed by atoms with Crippen molar-refractivity contribution in [2.24, 2.45) is 11.8 Å². The van der Waals surface area contributed by atoms with E-state index in [2.05, 4.69) is 53.4 Å². The minimum Gasteiger partial charge on any atom is -0.385 e. The molecule has 5 rings (SSSR count). The molecule has 1 N–H and O–H groups in total. The third-order valence-corrected chi connectivity index (χ3v) is 8.18. The summed E-state index contributed by atoms with van der Waals surface area (Å²) in [5.74, 6) is 1.34. The van der Waals surface area contributed by atoms with Crippen LogP contribution >= 0.6 is 0 Å². The number of hydrogen-bond donors (Lipinski definition) is 1. The van der Waals surface area contributed by atoms with Crippen molar-refractivity contribution in [3.05, 3.63) is 71.3 Å². The molecule has 0 radical (unpaired) electrons. The van der Waals surface area contributed by atoms with Gasteiger partial charge in [-0.25, -0.2) is 0 Å². The molecule has 0 amide bonds. The van der Waals surface area contributed by atoms with Gasteiger partial charge in [-0.15, -0.1) is 0 Å². The molecule has 0 aliphatic carbocycles. The highest BCUT2D eigenvalue weighted by molar-refractivity contribution is 5.77. The number of fused-ring (bicyclic) bond motifs is 3. The van der Waals surface area contributed by atoms with Gasteiger partial charge in [0.2, 0.25) is 0 Å². The predicted octanol–water partition coefficient (Wildman–Crippen LogP) is 5.93. The molecule has 0 spiro atoms. The Kier molecular flexibility index (Phi) is 8.38. The van der Waals surface area contributed by atoms with Crippen molar-refractivity contribution < 1.29 is 9.90 Å². The smallest absolute Gasteiger partial charge is 0.132 e. The molecule has 3 saturated heterocycles. The summed E-state index contributed by atoms with van der Waals surface area (Å²) < 4.78 is 0. The summed E-state index contributed by atoms with van der Waals surface area (Å²) in [5.41, 5.74) is 3.00. The summed E-state index contributed by atoms with van der Waals surface area (Å²) in [6, 6.07) is 19.4. The lowest BCUT2D eigenvalue weighted by atomic mass is 9.66. The van der Waals surface area contributed by atoms with Crippen LogP contribution in [-0.4, -0.2) is 35.4 Å². The second kappa shape index (κ2) is 11.4. The number of ketones is 1. The maximum atomic E-state index is 12.1. The zero-order chi connectivity index (χ0) is 23.1. The van der Waals surface area contributed by atoms with Gasteiger partial charge in [-0.2, -0.15) is 0 Å². The van der Waals surface area contributed by atoms with Crippen LogP contribution in [0.25, 0.3) is 0 Å². The summed E-state index contributed by atoms with van der Waals surface area (Å²) >= 11 is 0. The lowest BCUT2D eigenvalue weighted by Gasteiger charge is -2.51. The molecule has 0 saturated carbocycles. The number of aliphatic hydroxyl groups is 1. The van der Waals surface area contributed by atoms with Gasteiger partial charge < -0.3 is 10.0 Å². The van der Waals surface area contributed by atoms with Crippen LogP contribution in [0.4, 0.5) is 0 Å². The molecule has 3 nitrogen and oxygen atoms in total. The number of carbonyl (C=O) groups excluding carboxylic acids is 1. The van der Waals surface area contributed by atoms with Crippen molar-refractivity contribution in [2.45, 2.75) is 76.7 Å². The second-order valence-electron chi connectivity index (χ2n) is 10.3. The van der Waals surface area contributed by atoms with Crippen molar-refractivity contribution in [2.75, 3.05) is 19.6 Å². The Labute approximate surface area is 200 Å². The fraction of sp³-hybridized carbons (Fsp3) is 0.567. The fourth-order valence-electron chi connectivity index (χ4n) is 5.99. The van der Waals surface area contributed by atoms with Crippen molar-refractivity contribution in [3.63, 3.8) is 0 Å². The van der Waals surface area contributed by atoms with Crippen LogP contribution in [0, 0.1) is 11.8 Å². The summed E-state index contributed by atoms with van der Waals surface area (Å²) in [5, 5.41) is 12.1. The molecular formula is C30H41NO2. The van der Waals surface area contributed by atoms with Crippen molar-refractivity contribution in [1.82, 2.24) is 4.90 Å². The van der Waals surface area contributed by atoms with Crippen LogP contribution in [-0.2, 0) is 23.2 Å². The third-order valence-electron chi connectivity index (χ3n) is 8.18. The van der Waals surface area contributed by atoms with Crippen molar-refractivity contribution in [1.29, 1.82) is 0 Å². The minimum atomic E-state index is -0.764. The summed E-state index contributed by atoms with van der Waals surface area (Å²) in [7, 11) is 0. The number of piperidine rings is 3. The molecule has 3 aliphatic heterocycles. The number of carbonyl (C=O) groups is 1. The van der Waals surface area contributed by atoms with Gasteiger partial charge in [-0.1, -0.05) is 67.9 Å². The zero-order valence-corrected chi connectivity index (χ0v) is 20.3. The highest BCUT2D eigenvalue weighted by atomic mass is 16.3. The van der Waals surface area contributed by atoms with Crippen LogP contribution in [0.15, 0.2) is 54.6 Å². The number of benzene rings is 2. The number of aryl methyl sites for hydroxylation is 2. The highest BCUT2D eigenvalue weighted by Crippen LogP contribution is 2.45. The normalized spacial score (nSPS) is 23.9. The van der Waals surface area contributed by atoms with Gasteiger partial charge >= 0.3 is 0 Å². The van der Waals surface area contributed by atoms with E-state index in [1.54, 1.807) is 0 Å². The lowest BCUT2D eigenvalue weighted by molar-refractivity contribution is -0.118. The van der Waals surface area contributed by atoms with Gasteiger partial charge in [0.1, 0.15) is 5.78 Å². The average molecular weight is 448 g/mol. The third kappa shape index (κ3) is 6.13. The standard InChI is InChI=1S/C30H41NO2/c1-2-28(32)12-8-3-5-9-24-13-15-25(16-14-24)17-20-30(33,27-10-6-4-7-11-27)29-23-31-21-18-26(29)19-22-31/h4,6-7,10-11,13-16,26,29,33H,2-3,5,8-9,12,17-23H2,1H3. The fourth-order valence-corrected chi connectivity index (χ4v) is 5.99. The zero-order valence-electron chi connectivity index (χ0n) is 20.3. The van der Waals surface area contributed by atoms with E-state index in [0.717, 1.165) is 57.1 Å². The number of rotatable bonds is 12. The van der Waals surface area contributed by atoms with Crippen molar-refractivity contribution in [3.8, 4) is 0 Å². The second-order valence-corrected chi connectivity index (χ2v) is 10.3. The van der Waals surface area contributed by atoms with Crippen LogP contribution in [0.5, 0.6) is 0 Å². The number of hydrogen-bond acceptors (Lipinski definition) is 3. The predicted molar refractivity (Wildman–Crippen MR) is 135 cm³/mol. The Balaban J connectivity index is 1.35. The van der Waals surface area contributed by atoms with Gasteiger partial charge in [-0.05, 0) is 80.6 Å². The van der Waals surface area contributed by atoms with Gasteiger partial charge in [0.15, 0.2) is 0 Å². The summed E-state index contributed by atoms with van der Waals surface area (Å²) in [6.07, 6.45) is 9.88. The van der Waals surface area contributed by atoms with E-state index in [9.17, 15) is 9.90 Å². The largest absolute Gasteiger partial charge is 0.385 e. The number of nitrogens with zero attached hydrogens (tertiary/aromatic N) is 1. The first-order valence-electron chi connectivity index (χ1n) is 13.2. The minimum absolute atomic E-state index is 0.321. The van der Waals surface area contributed by atoms with Crippen LogP contribution < -0.4 is 0 Å².